The van der Waals surface area contributed by atoms with E-state index in [4.69, 9.17) is 4.42 Å². The molecule has 1 heterocycles. The third-order valence-corrected chi connectivity index (χ3v) is 2.80. The predicted octanol–water partition coefficient (Wildman–Crippen LogP) is 1.44. The van der Waals surface area contributed by atoms with Crippen molar-refractivity contribution in [2.75, 3.05) is 6.54 Å². The van der Waals surface area contributed by atoms with Gasteiger partial charge in [-0.25, -0.2) is 0 Å². The highest BCUT2D eigenvalue weighted by molar-refractivity contribution is 9.10. The Balaban J connectivity index is 1.67. The Morgan fingerprint density at radius 3 is 2.76 bits per heavy atom. The van der Waals surface area contributed by atoms with E-state index in [0.717, 1.165) is 12.8 Å². The highest BCUT2D eigenvalue weighted by Crippen LogP contribution is 2.18. The smallest absolute Gasteiger partial charge is 0.287 e. The number of carbonyl (C=O) groups excluding carboxylic acids is 2. The molecule has 0 bridgehead atoms. The number of furan rings is 1. The minimum atomic E-state index is -0.310. The van der Waals surface area contributed by atoms with Crippen LogP contribution < -0.4 is 10.6 Å². The van der Waals surface area contributed by atoms with Gasteiger partial charge in [-0.3, -0.25) is 9.59 Å². The largest absolute Gasteiger partial charge is 0.444 e. The first-order valence-corrected chi connectivity index (χ1v) is 6.27. The molecular formula is C11H13BrN2O3. The Bertz CT molecular complexity index is 426. The Morgan fingerprint density at radius 1 is 1.41 bits per heavy atom. The fourth-order valence-electron chi connectivity index (χ4n) is 1.34. The summed E-state index contributed by atoms with van der Waals surface area (Å²) in [7, 11) is 0. The van der Waals surface area contributed by atoms with Crippen LogP contribution in [0.3, 0.4) is 0 Å². The number of rotatable bonds is 5. The first kappa shape index (κ1) is 12.2. The fraction of sp³-hybridized carbons (Fsp3) is 0.455. The van der Waals surface area contributed by atoms with Gasteiger partial charge in [-0.05, 0) is 40.9 Å². The molecule has 1 aromatic rings. The third kappa shape index (κ3) is 3.89. The van der Waals surface area contributed by atoms with Crippen molar-refractivity contribution in [3.63, 3.8) is 0 Å². The number of carbonyl (C=O) groups is 2. The Morgan fingerprint density at radius 2 is 2.18 bits per heavy atom. The number of amides is 2. The normalized spacial score (nSPS) is 14.4. The van der Waals surface area contributed by atoms with Crippen LogP contribution in [0.2, 0.25) is 0 Å². The van der Waals surface area contributed by atoms with E-state index in [1.807, 2.05) is 0 Å². The van der Waals surface area contributed by atoms with Crippen LogP contribution in [-0.2, 0) is 4.79 Å². The van der Waals surface area contributed by atoms with Gasteiger partial charge < -0.3 is 15.1 Å². The molecule has 2 rings (SSSR count). The van der Waals surface area contributed by atoms with E-state index >= 15 is 0 Å². The van der Waals surface area contributed by atoms with Crippen molar-refractivity contribution in [1.82, 2.24) is 10.6 Å². The lowest BCUT2D eigenvalue weighted by Crippen LogP contribution is -2.31. The molecule has 0 spiro atoms. The van der Waals surface area contributed by atoms with Gasteiger partial charge in [0, 0.05) is 19.0 Å². The van der Waals surface area contributed by atoms with Gasteiger partial charge in [-0.2, -0.15) is 0 Å². The lowest BCUT2D eigenvalue weighted by Gasteiger charge is -2.04. The molecule has 0 aliphatic heterocycles. The molecule has 1 aromatic heterocycles. The second-order valence-corrected chi connectivity index (χ2v) is 4.73. The van der Waals surface area contributed by atoms with Gasteiger partial charge >= 0.3 is 0 Å². The first-order valence-electron chi connectivity index (χ1n) is 5.48. The molecule has 2 amide bonds. The van der Waals surface area contributed by atoms with E-state index in [9.17, 15) is 9.59 Å². The van der Waals surface area contributed by atoms with Crippen LogP contribution in [0.15, 0.2) is 21.2 Å². The SMILES string of the molecule is O=C(CCNC(=O)c1ccc(Br)o1)NC1CC1. The van der Waals surface area contributed by atoms with Crippen LogP contribution in [0.4, 0.5) is 0 Å². The molecule has 0 aromatic carbocycles. The Kier molecular flexibility index (Phi) is 3.83. The van der Waals surface area contributed by atoms with E-state index in [-0.39, 0.29) is 17.6 Å². The molecule has 17 heavy (non-hydrogen) atoms. The molecule has 0 atom stereocenters. The number of nitrogens with one attached hydrogen (secondary N) is 2. The van der Waals surface area contributed by atoms with Crippen molar-refractivity contribution in [3.8, 4) is 0 Å². The van der Waals surface area contributed by atoms with Crippen molar-refractivity contribution in [2.24, 2.45) is 0 Å². The summed E-state index contributed by atoms with van der Waals surface area (Å²) in [4.78, 5) is 22.8. The molecular weight excluding hydrogens is 288 g/mol. The summed E-state index contributed by atoms with van der Waals surface area (Å²) in [5.41, 5.74) is 0. The summed E-state index contributed by atoms with van der Waals surface area (Å²) >= 11 is 3.12. The minimum Gasteiger partial charge on any atom is -0.444 e. The summed E-state index contributed by atoms with van der Waals surface area (Å²) in [5, 5.41) is 5.47. The first-order chi connectivity index (χ1) is 8.15. The molecule has 0 saturated heterocycles. The maximum Gasteiger partial charge on any atom is 0.287 e. The molecule has 1 fully saturated rings. The van der Waals surface area contributed by atoms with E-state index in [1.54, 1.807) is 12.1 Å². The summed E-state index contributed by atoms with van der Waals surface area (Å²) in [5.74, 6) is -0.0946. The molecule has 0 unspecified atom stereocenters. The summed E-state index contributed by atoms with van der Waals surface area (Å²) in [6.45, 7) is 0.315. The second kappa shape index (κ2) is 5.35. The fourth-order valence-corrected chi connectivity index (χ4v) is 1.65. The minimum absolute atomic E-state index is 0.0200. The van der Waals surface area contributed by atoms with Gasteiger partial charge in [0.25, 0.3) is 5.91 Å². The molecule has 1 saturated carbocycles. The van der Waals surface area contributed by atoms with Crippen LogP contribution in [0.1, 0.15) is 29.8 Å². The second-order valence-electron chi connectivity index (χ2n) is 3.95. The zero-order chi connectivity index (χ0) is 12.3. The monoisotopic (exact) mass is 300 g/mol. The average Bonchev–Trinajstić information content (AvgIpc) is 2.97. The third-order valence-electron chi connectivity index (χ3n) is 2.38. The number of halogens is 1. The van der Waals surface area contributed by atoms with Gasteiger partial charge in [0.15, 0.2) is 10.4 Å². The zero-order valence-corrected chi connectivity index (χ0v) is 10.7. The van der Waals surface area contributed by atoms with Crippen LogP contribution in [0.5, 0.6) is 0 Å². The number of hydrogen-bond acceptors (Lipinski definition) is 3. The van der Waals surface area contributed by atoms with E-state index in [2.05, 4.69) is 26.6 Å². The quantitative estimate of drug-likeness (QED) is 0.864. The van der Waals surface area contributed by atoms with Gasteiger partial charge in [-0.15, -0.1) is 0 Å². The highest BCUT2D eigenvalue weighted by Gasteiger charge is 2.22. The van der Waals surface area contributed by atoms with Crippen LogP contribution in [0, 0.1) is 0 Å². The molecule has 1 aliphatic rings. The standard InChI is InChI=1S/C11H13BrN2O3/c12-9-4-3-8(17-9)11(16)13-6-5-10(15)14-7-1-2-7/h3-4,7H,1-2,5-6H2,(H,13,16)(H,14,15). The molecule has 5 nitrogen and oxygen atoms in total. The predicted molar refractivity (Wildman–Crippen MR) is 64.5 cm³/mol. The molecule has 1 aliphatic carbocycles. The lowest BCUT2D eigenvalue weighted by molar-refractivity contribution is -0.121. The zero-order valence-electron chi connectivity index (χ0n) is 9.16. The van der Waals surface area contributed by atoms with Gasteiger partial charge in [0.1, 0.15) is 0 Å². The molecule has 2 N–H and O–H groups in total. The van der Waals surface area contributed by atoms with E-state index < -0.39 is 0 Å². The summed E-state index contributed by atoms with van der Waals surface area (Å²) in [6, 6.07) is 3.58. The van der Waals surface area contributed by atoms with Gasteiger partial charge in [0.2, 0.25) is 5.91 Å². The summed E-state index contributed by atoms with van der Waals surface area (Å²) < 4.78 is 5.59. The van der Waals surface area contributed by atoms with Gasteiger partial charge in [0.05, 0.1) is 0 Å². The van der Waals surface area contributed by atoms with Crippen molar-refractivity contribution >= 4 is 27.7 Å². The van der Waals surface area contributed by atoms with Crippen molar-refractivity contribution in [3.05, 3.63) is 22.6 Å². The maximum atomic E-state index is 11.5. The number of hydrogen-bond donors (Lipinski definition) is 2. The topological polar surface area (TPSA) is 71.3 Å². The van der Waals surface area contributed by atoms with Crippen LogP contribution >= 0.6 is 15.9 Å². The van der Waals surface area contributed by atoms with Gasteiger partial charge in [-0.1, -0.05) is 0 Å². The van der Waals surface area contributed by atoms with Crippen LogP contribution in [-0.4, -0.2) is 24.4 Å². The lowest BCUT2D eigenvalue weighted by atomic mass is 10.3. The molecule has 92 valence electrons. The maximum absolute atomic E-state index is 11.5. The van der Waals surface area contributed by atoms with E-state index in [0.29, 0.717) is 23.7 Å². The van der Waals surface area contributed by atoms with Crippen LogP contribution in [0.25, 0.3) is 0 Å². The van der Waals surface area contributed by atoms with Crippen molar-refractivity contribution < 1.29 is 14.0 Å². The Hall–Kier alpha value is -1.30. The van der Waals surface area contributed by atoms with Crippen molar-refractivity contribution in [1.29, 1.82) is 0 Å². The molecule has 0 radical (unpaired) electrons. The highest BCUT2D eigenvalue weighted by atomic mass is 79.9. The van der Waals surface area contributed by atoms with E-state index in [1.165, 1.54) is 0 Å². The molecule has 6 heteroatoms. The van der Waals surface area contributed by atoms with Crippen molar-refractivity contribution in [2.45, 2.75) is 25.3 Å². The average molecular weight is 301 g/mol. The summed E-state index contributed by atoms with van der Waals surface area (Å²) in [6.07, 6.45) is 2.43. The Labute approximate surface area is 107 Å².